The maximum absolute atomic E-state index is 11.1. The third kappa shape index (κ3) is 3.09. The number of hydrogen-bond donors (Lipinski definition) is 0. The van der Waals surface area contributed by atoms with Gasteiger partial charge in [-0.15, -0.1) is 0 Å². The number of hydrogen-bond acceptors (Lipinski definition) is 4. The van der Waals surface area contributed by atoms with E-state index in [1.165, 1.54) is 7.11 Å². The van der Waals surface area contributed by atoms with Crippen molar-refractivity contribution in [3.63, 3.8) is 0 Å². The Morgan fingerprint density at radius 1 is 1.40 bits per heavy atom. The van der Waals surface area contributed by atoms with Crippen LogP contribution in [-0.2, 0) is 9.53 Å². The highest BCUT2D eigenvalue weighted by Crippen LogP contribution is 2.10. The number of carbonyl (C=O) groups is 1. The molecule has 0 N–H and O–H groups in total. The number of methoxy groups -OCH3 is 2. The minimum atomic E-state index is -0.342. The van der Waals surface area contributed by atoms with Gasteiger partial charge in [0.25, 0.3) is 0 Å². The lowest BCUT2D eigenvalue weighted by atomic mass is 10.2. The third-order valence-electron chi connectivity index (χ3n) is 1.86. The molecule has 0 aliphatic carbocycles. The monoisotopic (exact) mass is 207 g/mol. The van der Waals surface area contributed by atoms with Crippen LogP contribution < -0.4 is 4.74 Å². The van der Waals surface area contributed by atoms with Crippen molar-refractivity contribution in [1.29, 1.82) is 0 Å². The van der Waals surface area contributed by atoms with Crippen LogP contribution in [0.3, 0.4) is 0 Å². The van der Waals surface area contributed by atoms with Crippen molar-refractivity contribution in [1.82, 2.24) is 4.98 Å². The maximum Gasteiger partial charge on any atom is 0.333 e. The average Bonchev–Trinajstić information content (AvgIpc) is 2.29. The Bertz CT molecular complexity index is 368. The summed E-state index contributed by atoms with van der Waals surface area (Å²) < 4.78 is 9.50. The fourth-order valence-electron chi connectivity index (χ4n) is 1.07. The Balaban J connectivity index is 2.84. The van der Waals surface area contributed by atoms with Crippen LogP contribution in [0.2, 0.25) is 0 Å². The molecule has 0 amide bonds. The second kappa shape index (κ2) is 5.14. The van der Waals surface area contributed by atoms with Crippen molar-refractivity contribution in [2.24, 2.45) is 0 Å². The predicted molar refractivity (Wildman–Crippen MR) is 56.5 cm³/mol. The first-order valence-electron chi connectivity index (χ1n) is 4.44. The lowest BCUT2D eigenvalue weighted by molar-refractivity contribution is -0.135. The molecular weight excluding hydrogens is 194 g/mol. The number of ether oxygens (including phenoxy) is 2. The normalized spacial score (nSPS) is 11.0. The smallest absolute Gasteiger partial charge is 0.333 e. The van der Waals surface area contributed by atoms with Gasteiger partial charge >= 0.3 is 5.97 Å². The molecule has 0 fully saturated rings. The molecule has 0 aromatic carbocycles. The Hall–Kier alpha value is -1.84. The molecule has 4 heteroatoms. The number of aromatic nitrogens is 1. The Kier molecular flexibility index (Phi) is 3.85. The van der Waals surface area contributed by atoms with Crippen molar-refractivity contribution in [3.8, 4) is 5.88 Å². The van der Waals surface area contributed by atoms with Gasteiger partial charge in [0.15, 0.2) is 0 Å². The van der Waals surface area contributed by atoms with E-state index in [0.29, 0.717) is 11.5 Å². The van der Waals surface area contributed by atoms with Crippen molar-refractivity contribution in [2.45, 2.75) is 6.92 Å². The van der Waals surface area contributed by atoms with E-state index in [4.69, 9.17) is 4.74 Å². The molecular formula is C11H13NO3. The van der Waals surface area contributed by atoms with E-state index in [1.54, 1.807) is 32.4 Å². The second-order valence-electron chi connectivity index (χ2n) is 2.95. The molecule has 0 bridgehead atoms. The minimum Gasteiger partial charge on any atom is -0.481 e. The van der Waals surface area contributed by atoms with E-state index in [1.807, 2.05) is 6.07 Å². The van der Waals surface area contributed by atoms with Gasteiger partial charge in [0.2, 0.25) is 5.88 Å². The molecule has 15 heavy (non-hydrogen) atoms. The predicted octanol–water partition coefficient (Wildman–Crippen LogP) is 1.67. The van der Waals surface area contributed by atoms with Crippen LogP contribution in [0.1, 0.15) is 12.5 Å². The summed E-state index contributed by atoms with van der Waals surface area (Å²) in [5.41, 5.74) is 1.36. The molecule has 0 aliphatic heterocycles. The summed E-state index contributed by atoms with van der Waals surface area (Å²) in [4.78, 5) is 15.1. The van der Waals surface area contributed by atoms with E-state index in [2.05, 4.69) is 9.72 Å². The van der Waals surface area contributed by atoms with Gasteiger partial charge in [0.1, 0.15) is 0 Å². The minimum absolute atomic E-state index is 0.342. The van der Waals surface area contributed by atoms with Gasteiger partial charge in [0.05, 0.1) is 14.2 Å². The Labute approximate surface area is 88.5 Å². The highest BCUT2D eigenvalue weighted by molar-refractivity contribution is 5.92. The van der Waals surface area contributed by atoms with Crippen LogP contribution in [0.25, 0.3) is 6.08 Å². The molecule has 1 aromatic heterocycles. The van der Waals surface area contributed by atoms with Crippen LogP contribution >= 0.6 is 0 Å². The number of nitrogens with zero attached hydrogens (tertiary/aromatic N) is 1. The summed E-state index contributed by atoms with van der Waals surface area (Å²) in [6.45, 7) is 1.69. The molecule has 1 rings (SSSR count). The van der Waals surface area contributed by atoms with Crippen LogP contribution in [0.15, 0.2) is 23.9 Å². The van der Waals surface area contributed by atoms with Crippen molar-refractivity contribution in [2.75, 3.05) is 14.2 Å². The van der Waals surface area contributed by atoms with Gasteiger partial charge in [-0.3, -0.25) is 0 Å². The largest absolute Gasteiger partial charge is 0.481 e. The molecule has 1 heterocycles. The molecule has 80 valence electrons. The van der Waals surface area contributed by atoms with Crippen molar-refractivity contribution in [3.05, 3.63) is 29.5 Å². The van der Waals surface area contributed by atoms with Gasteiger partial charge in [-0.1, -0.05) is 0 Å². The zero-order valence-electron chi connectivity index (χ0n) is 8.98. The third-order valence-corrected chi connectivity index (χ3v) is 1.86. The number of carbonyl (C=O) groups excluding carboxylic acids is 1. The highest BCUT2D eigenvalue weighted by Gasteiger charge is 2.02. The average molecular weight is 207 g/mol. The fourth-order valence-corrected chi connectivity index (χ4v) is 1.07. The van der Waals surface area contributed by atoms with Gasteiger partial charge in [0, 0.05) is 17.8 Å². The van der Waals surface area contributed by atoms with Gasteiger partial charge in [-0.05, 0) is 24.6 Å². The molecule has 0 radical (unpaired) electrons. The molecule has 4 nitrogen and oxygen atoms in total. The number of esters is 1. The van der Waals surface area contributed by atoms with Crippen LogP contribution in [-0.4, -0.2) is 25.2 Å². The van der Waals surface area contributed by atoms with E-state index in [-0.39, 0.29) is 5.97 Å². The van der Waals surface area contributed by atoms with Crippen LogP contribution in [0.4, 0.5) is 0 Å². The summed E-state index contributed by atoms with van der Waals surface area (Å²) in [5.74, 6) is 0.202. The molecule has 0 saturated heterocycles. The van der Waals surface area contributed by atoms with Gasteiger partial charge in [-0.25, -0.2) is 9.78 Å². The standard InChI is InChI=1S/C11H13NO3/c1-8(11(13)15-3)6-9-4-5-10(14-2)12-7-9/h4-7H,1-3H3/b8-6+. The summed E-state index contributed by atoms with van der Waals surface area (Å²) in [6.07, 6.45) is 3.34. The molecule has 0 spiro atoms. The Morgan fingerprint density at radius 3 is 2.60 bits per heavy atom. The molecule has 0 aliphatic rings. The summed E-state index contributed by atoms with van der Waals surface area (Å²) >= 11 is 0. The number of pyridine rings is 1. The molecule has 0 saturated carbocycles. The topological polar surface area (TPSA) is 48.4 Å². The fraction of sp³-hybridized carbons (Fsp3) is 0.273. The first-order chi connectivity index (χ1) is 7.17. The van der Waals surface area contributed by atoms with Crippen LogP contribution in [0, 0.1) is 0 Å². The summed E-state index contributed by atoms with van der Waals surface area (Å²) in [6, 6.07) is 3.55. The number of rotatable bonds is 3. The zero-order valence-corrected chi connectivity index (χ0v) is 8.98. The lowest BCUT2D eigenvalue weighted by Gasteiger charge is -2.00. The summed E-state index contributed by atoms with van der Waals surface area (Å²) in [5, 5.41) is 0. The molecule has 1 aromatic rings. The first kappa shape index (κ1) is 11.2. The van der Waals surface area contributed by atoms with Gasteiger partial charge in [-0.2, -0.15) is 0 Å². The lowest BCUT2D eigenvalue weighted by Crippen LogP contribution is -2.01. The quantitative estimate of drug-likeness (QED) is 0.558. The van der Waals surface area contributed by atoms with E-state index < -0.39 is 0 Å². The van der Waals surface area contributed by atoms with Gasteiger partial charge < -0.3 is 9.47 Å². The first-order valence-corrected chi connectivity index (χ1v) is 4.44. The molecule has 0 unspecified atom stereocenters. The Morgan fingerprint density at radius 2 is 2.13 bits per heavy atom. The zero-order chi connectivity index (χ0) is 11.3. The van der Waals surface area contributed by atoms with E-state index >= 15 is 0 Å². The maximum atomic E-state index is 11.1. The van der Waals surface area contributed by atoms with E-state index in [9.17, 15) is 4.79 Å². The van der Waals surface area contributed by atoms with E-state index in [0.717, 1.165) is 5.56 Å². The van der Waals surface area contributed by atoms with Crippen molar-refractivity contribution >= 4 is 12.0 Å². The van der Waals surface area contributed by atoms with Crippen molar-refractivity contribution < 1.29 is 14.3 Å². The summed E-state index contributed by atoms with van der Waals surface area (Å²) in [7, 11) is 2.91. The molecule has 0 atom stereocenters. The second-order valence-corrected chi connectivity index (χ2v) is 2.95. The highest BCUT2D eigenvalue weighted by atomic mass is 16.5. The SMILES string of the molecule is COC(=O)/C(C)=C/c1ccc(OC)nc1. The van der Waals surface area contributed by atoms with Crippen LogP contribution in [0.5, 0.6) is 5.88 Å².